The van der Waals surface area contributed by atoms with Crippen LogP contribution in [0, 0.1) is 25.2 Å². The largest absolute Gasteiger partial charge is 0.496 e. The van der Waals surface area contributed by atoms with E-state index in [1.807, 2.05) is 13.0 Å². The van der Waals surface area contributed by atoms with E-state index in [2.05, 4.69) is 37.4 Å². The number of hydrogen-bond acceptors (Lipinski definition) is 4. The number of hydrogen-bond donors (Lipinski definition) is 1. The molecule has 0 unspecified atom stereocenters. The second kappa shape index (κ2) is 11.4. The minimum Gasteiger partial charge on any atom is -0.496 e. The molecule has 0 bridgehead atoms. The van der Waals surface area contributed by atoms with Gasteiger partial charge in [-0.1, -0.05) is 40.9 Å². The molecule has 3 aromatic rings. The lowest BCUT2D eigenvalue weighted by Crippen LogP contribution is -2.13. The van der Waals surface area contributed by atoms with Crippen LogP contribution in [0.15, 0.2) is 60.2 Å². The molecule has 0 saturated carbocycles. The van der Waals surface area contributed by atoms with Gasteiger partial charge in [-0.25, -0.2) is 0 Å². The Kier molecular flexibility index (Phi) is 8.34. The zero-order valence-electron chi connectivity index (χ0n) is 19.7. The Morgan fingerprint density at radius 2 is 1.76 bits per heavy atom. The van der Waals surface area contributed by atoms with Crippen molar-refractivity contribution in [3.63, 3.8) is 0 Å². The number of carbonyl (C=O) groups excluding carboxylic acids is 1. The van der Waals surface area contributed by atoms with Gasteiger partial charge in [0, 0.05) is 22.7 Å². The van der Waals surface area contributed by atoms with E-state index in [9.17, 15) is 10.1 Å². The lowest BCUT2D eigenvalue weighted by Gasteiger charge is -2.13. The first-order chi connectivity index (χ1) is 16.3. The lowest BCUT2D eigenvalue weighted by atomic mass is 9.98. The number of halogens is 1. The number of nitriles is 1. The van der Waals surface area contributed by atoms with Gasteiger partial charge in [0.05, 0.1) is 13.7 Å². The third-order valence-electron chi connectivity index (χ3n) is 5.16. The highest BCUT2D eigenvalue weighted by Gasteiger charge is 2.14. The fraction of sp³-hybridized carbons (Fsp3) is 0.214. The quantitative estimate of drug-likeness (QED) is 0.299. The first kappa shape index (κ1) is 24.9. The molecule has 0 saturated heterocycles. The van der Waals surface area contributed by atoms with Gasteiger partial charge in [0.15, 0.2) is 0 Å². The molecular formula is C28H27ClN2O3. The Bertz CT molecular complexity index is 1240. The van der Waals surface area contributed by atoms with Crippen molar-refractivity contribution in [3.05, 3.63) is 93.0 Å². The Morgan fingerprint density at radius 3 is 2.35 bits per heavy atom. The molecule has 6 heteroatoms. The zero-order valence-corrected chi connectivity index (χ0v) is 20.5. The molecule has 0 aliphatic rings. The van der Waals surface area contributed by atoms with Gasteiger partial charge in [-0.2, -0.15) is 5.26 Å². The van der Waals surface area contributed by atoms with E-state index in [1.54, 1.807) is 43.5 Å². The third-order valence-corrected chi connectivity index (χ3v) is 5.50. The summed E-state index contributed by atoms with van der Waals surface area (Å²) in [5.41, 5.74) is 5.47. The first-order valence-electron chi connectivity index (χ1n) is 10.9. The summed E-state index contributed by atoms with van der Waals surface area (Å²) in [6.07, 6.45) is 2.11. The summed E-state index contributed by atoms with van der Waals surface area (Å²) in [6.45, 7) is 6.58. The van der Waals surface area contributed by atoms with Crippen molar-refractivity contribution < 1.29 is 14.3 Å². The van der Waals surface area contributed by atoms with Crippen LogP contribution in [0.3, 0.4) is 0 Å². The summed E-state index contributed by atoms with van der Waals surface area (Å²) in [7, 11) is 1.58. The van der Waals surface area contributed by atoms with Gasteiger partial charge in [-0.15, -0.1) is 0 Å². The molecule has 1 N–H and O–H groups in total. The maximum absolute atomic E-state index is 12.7. The number of benzene rings is 3. The summed E-state index contributed by atoms with van der Waals surface area (Å²) in [5, 5.41) is 12.8. The molecule has 3 aromatic carbocycles. The number of aryl methyl sites for hydroxylation is 2. The summed E-state index contributed by atoms with van der Waals surface area (Å²) in [4.78, 5) is 12.7. The number of anilines is 1. The molecule has 3 rings (SSSR count). The van der Waals surface area contributed by atoms with E-state index < -0.39 is 5.91 Å². The van der Waals surface area contributed by atoms with E-state index in [-0.39, 0.29) is 5.57 Å². The molecule has 0 heterocycles. The average molecular weight is 475 g/mol. The minimum absolute atomic E-state index is 0.0472. The fourth-order valence-corrected chi connectivity index (χ4v) is 4.04. The van der Waals surface area contributed by atoms with Crippen LogP contribution in [0.25, 0.3) is 6.08 Å². The predicted octanol–water partition coefficient (Wildman–Crippen LogP) is 6.50. The van der Waals surface area contributed by atoms with Crippen LogP contribution in [0.2, 0.25) is 5.02 Å². The number of amides is 1. The number of methoxy groups -OCH3 is 1. The molecule has 0 atom stereocenters. The Labute approximate surface area is 205 Å². The predicted molar refractivity (Wildman–Crippen MR) is 137 cm³/mol. The summed E-state index contributed by atoms with van der Waals surface area (Å²) in [6, 6.07) is 18.8. The van der Waals surface area contributed by atoms with E-state index in [0.29, 0.717) is 40.8 Å². The number of ether oxygens (including phenoxy) is 2. The van der Waals surface area contributed by atoms with Crippen LogP contribution in [0.5, 0.6) is 11.5 Å². The van der Waals surface area contributed by atoms with Crippen molar-refractivity contribution in [2.24, 2.45) is 0 Å². The van der Waals surface area contributed by atoms with Crippen molar-refractivity contribution in [2.75, 3.05) is 19.0 Å². The van der Waals surface area contributed by atoms with Gasteiger partial charge in [-0.3, -0.25) is 4.79 Å². The van der Waals surface area contributed by atoms with Crippen LogP contribution in [0.1, 0.15) is 34.7 Å². The molecule has 0 spiro atoms. The summed E-state index contributed by atoms with van der Waals surface area (Å²) >= 11 is 6.61. The average Bonchev–Trinajstić information content (AvgIpc) is 2.79. The van der Waals surface area contributed by atoms with Crippen LogP contribution in [-0.2, 0) is 11.2 Å². The van der Waals surface area contributed by atoms with Crippen LogP contribution in [0.4, 0.5) is 5.69 Å². The second-order valence-corrected chi connectivity index (χ2v) is 8.34. The van der Waals surface area contributed by atoms with E-state index in [0.717, 1.165) is 11.1 Å². The van der Waals surface area contributed by atoms with Crippen molar-refractivity contribution in [2.45, 2.75) is 27.2 Å². The first-order valence-corrected chi connectivity index (χ1v) is 11.3. The fourth-order valence-electron chi connectivity index (χ4n) is 3.76. The van der Waals surface area contributed by atoms with Crippen LogP contribution in [-0.4, -0.2) is 19.6 Å². The second-order valence-electron chi connectivity index (χ2n) is 7.94. The van der Waals surface area contributed by atoms with Gasteiger partial charge < -0.3 is 14.8 Å². The molecule has 0 aromatic heterocycles. The topological polar surface area (TPSA) is 71.3 Å². The molecular weight excluding hydrogens is 448 g/mol. The number of nitrogens with zero attached hydrogens (tertiary/aromatic N) is 1. The van der Waals surface area contributed by atoms with Crippen molar-refractivity contribution in [1.29, 1.82) is 5.26 Å². The summed E-state index contributed by atoms with van der Waals surface area (Å²) < 4.78 is 11.0. The van der Waals surface area contributed by atoms with Crippen molar-refractivity contribution in [3.8, 4) is 17.6 Å². The highest BCUT2D eigenvalue weighted by Crippen LogP contribution is 2.32. The summed E-state index contributed by atoms with van der Waals surface area (Å²) in [5.74, 6) is 0.794. The Morgan fingerprint density at radius 1 is 1.09 bits per heavy atom. The molecule has 1 amide bonds. The van der Waals surface area contributed by atoms with E-state index >= 15 is 0 Å². The molecule has 0 aliphatic heterocycles. The van der Waals surface area contributed by atoms with E-state index in [4.69, 9.17) is 21.1 Å². The van der Waals surface area contributed by atoms with Gasteiger partial charge in [-0.05, 0) is 74.4 Å². The molecule has 0 fully saturated rings. The molecule has 174 valence electrons. The molecule has 0 radical (unpaired) electrons. The maximum Gasteiger partial charge on any atom is 0.266 e. The SMILES string of the molecule is CCOc1ccc(NC(=O)/C(C#N)=C/c2cc(Cl)c(Cc3cc(C)cc(C)c3)c(OC)c2)cc1. The monoisotopic (exact) mass is 474 g/mol. The smallest absolute Gasteiger partial charge is 0.266 e. The van der Waals surface area contributed by atoms with Gasteiger partial charge in [0.2, 0.25) is 0 Å². The Hall–Kier alpha value is -3.75. The van der Waals surface area contributed by atoms with Crippen LogP contribution < -0.4 is 14.8 Å². The Balaban J connectivity index is 1.84. The van der Waals surface area contributed by atoms with Gasteiger partial charge >= 0.3 is 0 Å². The van der Waals surface area contributed by atoms with Gasteiger partial charge in [0.1, 0.15) is 23.1 Å². The molecule has 34 heavy (non-hydrogen) atoms. The standard InChI is InChI=1S/C28H27ClN2O3/c1-5-34-24-8-6-23(7-9-24)31-28(32)22(17-30)13-21-15-26(29)25(27(16-21)33-4)14-20-11-18(2)10-19(3)12-20/h6-13,15-16H,5,14H2,1-4H3,(H,31,32)/b22-13+. The third kappa shape index (κ3) is 6.40. The van der Waals surface area contributed by atoms with Crippen molar-refractivity contribution in [1.82, 2.24) is 0 Å². The minimum atomic E-state index is -0.513. The normalized spacial score (nSPS) is 11.0. The highest BCUT2D eigenvalue weighted by molar-refractivity contribution is 6.31. The zero-order chi connectivity index (χ0) is 24.7. The lowest BCUT2D eigenvalue weighted by molar-refractivity contribution is -0.112. The number of carbonyl (C=O) groups is 1. The maximum atomic E-state index is 12.7. The molecule has 0 aliphatic carbocycles. The van der Waals surface area contributed by atoms with E-state index in [1.165, 1.54) is 17.2 Å². The van der Waals surface area contributed by atoms with Crippen LogP contribution >= 0.6 is 11.6 Å². The number of rotatable bonds is 8. The number of nitrogens with one attached hydrogen (secondary N) is 1. The van der Waals surface area contributed by atoms with Gasteiger partial charge in [0.25, 0.3) is 5.91 Å². The highest BCUT2D eigenvalue weighted by atomic mass is 35.5. The van der Waals surface area contributed by atoms with Crippen molar-refractivity contribution >= 4 is 29.3 Å². The molecule has 5 nitrogen and oxygen atoms in total.